The number of aromatic nitrogens is 2. The van der Waals surface area contributed by atoms with Crippen molar-refractivity contribution >= 4 is 55.8 Å². The summed E-state index contributed by atoms with van der Waals surface area (Å²) in [6.45, 7) is 4.50. The normalized spacial score (nSPS) is 12.2. The summed E-state index contributed by atoms with van der Waals surface area (Å²) in [5.41, 5.74) is 9.43. The first-order valence-corrected chi connectivity index (χ1v) is 13.9. The van der Waals surface area contributed by atoms with Gasteiger partial charge < -0.3 is 0 Å². The molecule has 7 rings (SSSR count). The lowest BCUT2D eigenvalue weighted by Gasteiger charge is -2.11. The maximum atomic E-state index is 5.35. The van der Waals surface area contributed by atoms with Crippen molar-refractivity contribution in [3.63, 3.8) is 0 Å². The minimum Gasteiger partial charge on any atom is -0.242 e. The van der Waals surface area contributed by atoms with E-state index in [1.165, 1.54) is 52.5 Å². The van der Waals surface area contributed by atoms with Gasteiger partial charge in [0.25, 0.3) is 0 Å². The van der Waals surface area contributed by atoms with Crippen molar-refractivity contribution in [3.8, 4) is 42.0 Å². The molecule has 2 nitrogen and oxygen atoms in total. The van der Waals surface area contributed by atoms with E-state index in [-0.39, 0.29) is 0 Å². The Balaban J connectivity index is 1.60. The maximum Gasteiger partial charge on any atom is 0.110 e. The van der Waals surface area contributed by atoms with Crippen LogP contribution in [-0.2, 0) is 12.8 Å². The van der Waals surface area contributed by atoms with Gasteiger partial charge in [0.1, 0.15) is 11.0 Å². The monoisotopic (exact) mass is 480 g/mol. The van der Waals surface area contributed by atoms with Crippen LogP contribution in [0.2, 0.25) is 0 Å². The summed E-state index contributed by atoms with van der Waals surface area (Å²) in [6, 6.07) is 17.8. The van der Waals surface area contributed by atoms with Crippen LogP contribution in [0.3, 0.4) is 0 Å². The molecule has 2 aromatic carbocycles. The van der Waals surface area contributed by atoms with E-state index in [4.69, 9.17) is 9.97 Å². The minimum atomic E-state index is 1.03. The molecule has 0 amide bonds. The molecule has 33 heavy (non-hydrogen) atoms. The minimum absolute atomic E-state index is 1.03. The van der Waals surface area contributed by atoms with E-state index in [2.05, 4.69) is 73.1 Å². The third kappa shape index (κ3) is 2.70. The van der Waals surface area contributed by atoms with Gasteiger partial charge in [-0.15, -0.1) is 34.0 Å². The molecule has 0 bridgehead atoms. The highest BCUT2D eigenvalue weighted by molar-refractivity contribution is 7.27. The number of benzene rings is 2. The quantitative estimate of drug-likeness (QED) is 0.251. The van der Waals surface area contributed by atoms with Crippen LogP contribution in [-0.4, -0.2) is 9.97 Å². The number of hydrogen-bond donors (Lipinski definition) is 0. The highest BCUT2D eigenvalue weighted by Crippen LogP contribution is 2.51. The highest BCUT2D eigenvalue weighted by Gasteiger charge is 2.29. The highest BCUT2D eigenvalue weighted by atomic mass is 32.1. The van der Waals surface area contributed by atoms with E-state index in [0.29, 0.717) is 0 Å². The van der Waals surface area contributed by atoms with E-state index >= 15 is 0 Å². The van der Waals surface area contributed by atoms with Gasteiger partial charge in [0.05, 0.1) is 21.1 Å². The van der Waals surface area contributed by atoms with Crippen molar-refractivity contribution in [2.75, 3.05) is 0 Å². The Hall–Kier alpha value is -2.86. The summed E-state index contributed by atoms with van der Waals surface area (Å²) < 4.78 is 0. The average molecular weight is 481 g/mol. The molecule has 6 aromatic rings. The smallest absolute Gasteiger partial charge is 0.110 e. The lowest BCUT2D eigenvalue weighted by molar-refractivity contribution is 1.12. The number of nitrogens with zero attached hydrogens (tertiary/aromatic N) is 2. The number of hydrogen-bond acceptors (Lipinski definition) is 5. The zero-order valence-corrected chi connectivity index (χ0v) is 20.8. The van der Waals surface area contributed by atoms with E-state index in [1.807, 2.05) is 11.3 Å². The molecule has 0 saturated heterocycles. The van der Waals surface area contributed by atoms with Gasteiger partial charge in [0.2, 0.25) is 0 Å². The summed E-state index contributed by atoms with van der Waals surface area (Å²) in [5, 5.41) is 7.04. The Morgan fingerprint density at radius 2 is 1.15 bits per heavy atom. The fourth-order valence-corrected chi connectivity index (χ4v) is 7.99. The van der Waals surface area contributed by atoms with Gasteiger partial charge in [-0.25, -0.2) is 9.97 Å². The van der Waals surface area contributed by atoms with Gasteiger partial charge in [-0.1, -0.05) is 50.2 Å². The van der Waals surface area contributed by atoms with Gasteiger partial charge in [0.15, 0.2) is 0 Å². The first kappa shape index (κ1) is 19.6. The molecule has 0 fully saturated rings. The SMILES string of the molecule is CCc1ccc2c3c(ccc(CC)c13)-c1nc3c(-c4cccs4)sc(-c4cccs4)c3nc1-2. The third-order valence-electron chi connectivity index (χ3n) is 6.63. The first-order valence-electron chi connectivity index (χ1n) is 11.3. The van der Waals surface area contributed by atoms with Gasteiger partial charge in [-0.05, 0) is 52.2 Å². The molecular weight excluding hydrogens is 461 g/mol. The van der Waals surface area contributed by atoms with Crippen molar-refractivity contribution in [1.82, 2.24) is 9.97 Å². The molecule has 0 spiro atoms. The first-order chi connectivity index (χ1) is 16.3. The number of fused-ring (bicyclic) bond motifs is 4. The molecule has 0 aliphatic heterocycles. The van der Waals surface area contributed by atoms with Crippen LogP contribution < -0.4 is 0 Å². The van der Waals surface area contributed by atoms with Crippen LogP contribution in [0.5, 0.6) is 0 Å². The van der Waals surface area contributed by atoms with Crippen LogP contribution in [0, 0.1) is 0 Å². The topological polar surface area (TPSA) is 25.8 Å². The van der Waals surface area contributed by atoms with Gasteiger partial charge in [-0.2, -0.15) is 0 Å². The predicted molar refractivity (Wildman–Crippen MR) is 145 cm³/mol. The molecule has 0 atom stereocenters. The molecule has 0 unspecified atom stereocenters. The number of aryl methyl sites for hydroxylation is 2. The summed E-state index contributed by atoms with van der Waals surface area (Å²) >= 11 is 5.37. The van der Waals surface area contributed by atoms with Crippen molar-refractivity contribution < 1.29 is 0 Å². The molecule has 0 saturated carbocycles. The second-order valence-electron chi connectivity index (χ2n) is 8.33. The van der Waals surface area contributed by atoms with E-state index in [9.17, 15) is 0 Å². The molecule has 0 radical (unpaired) electrons. The maximum absolute atomic E-state index is 5.35. The fourth-order valence-electron chi connectivity index (χ4n) is 5.10. The number of rotatable bonds is 4. The molecule has 160 valence electrons. The van der Waals surface area contributed by atoms with Crippen LogP contribution in [0.1, 0.15) is 25.0 Å². The molecule has 5 heteroatoms. The standard InChI is InChI=1S/C28H20N2S3/c1-3-15-9-11-17-22-18(12-10-16(4-2)21(15)22)24-23(17)29-25-26(30-24)28(20-8-6-14-32-20)33-27(25)19-7-5-13-31-19/h5-14H,3-4H2,1-2H3. The summed E-state index contributed by atoms with van der Waals surface area (Å²) in [7, 11) is 0. The van der Waals surface area contributed by atoms with E-state index in [0.717, 1.165) is 35.3 Å². The van der Waals surface area contributed by atoms with E-state index < -0.39 is 0 Å². The Bertz CT molecular complexity index is 1550. The zero-order chi connectivity index (χ0) is 22.1. The second-order valence-corrected chi connectivity index (χ2v) is 11.3. The third-order valence-corrected chi connectivity index (χ3v) is 9.89. The second kappa shape index (κ2) is 7.32. The molecule has 4 aromatic heterocycles. The molecule has 0 N–H and O–H groups in total. The predicted octanol–water partition coefficient (Wildman–Crippen LogP) is 9.07. The average Bonchev–Trinajstić information content (AvgIpc) is 3.64. The van der Waals surface area contributed by atoms with Crippen molar-refractivity contribution in [3.05, 3.63) is 70.4 Å². The Kier molecular flexibility index (Phi) is 4.35. The molecule has 4 heterocycles. The lowest BCUT2D eigenvalue weighted by Crippen LogP contribution is -1.91. The van der Waals surface area contributed by atoms with Crippen LogP contribution in [0.15, 0.2) is 59.3 Å². The largest absolute Gasteiger partial charge is 0.242 e. The Labute approximate surface area is 204 Å². The van der Waals surface area contributed by atoms with Crippen LogP contribution in [0.25, 0.3) is 63.8 Å². The van der Waals surface area contributed by atoms with Crippen LogP contribution >= 0.6 is 34.0 Å². The van der Waals surface area contributed by atoms with Crippen LogP contribution in [0.4, 0.5) is 0 Å². The Morgan fingerprint density at radius 3 is 1.58 bits per heavy atom. The zero-order valence-electron chi connectivity index (χ0n) is 18.3. The summed E-state index contributed by atoms with van der Waals surface area (Å²) in [6.07, 6.45) is 2.06. The number of thiophene rings is 3. The molecule has 1 aliphatic carbocycles. The van der Waals surface area contributed by atoms with Crippen molar-refractivity contribution in [1.29, 1.82) is 0 Å². The summed E-state index contributed by atoms with van der Waals surface area (Å²) in [4.78, 5) is 15.7. The van der Waals surface area contributed by atoms with Gasteiger partial charge in [-0.3, -0.25) is 0 Å². The fraction of sp³-hybridized carbons (Fsp3) is 0.143. The lowest BCUT2D eigenvalue weighted by atomic mass is 9.93. The van der Waals surface area contributed by atoms with E-state index in [1.54, 1.807) is 22.7 Å². The molecule has 1 aliphatic rings. The van der Waals surface area contributed by atoms with Gasteiger partial charge >= 0.3 is 0 Å². The summed E-state index contributed by atoms with van der Waals surface area (Å²) in [5.74, 6) is 0. The van der Waals surface area contributed by atoms with Crippen molar-refractivity contribution in [2.24, 2.45) is 0 Å². The molecular formula is C28H20N2S3. The van der Waals surface area contributed by atoms with Crippen molar-refractivity contribution in [2.45, 2.75) is 26.7 Å². The van der Waals surface area contributed by atoms with Gasteiger partial charge in [0, 0.05) is 26.3 Å². The Morgan fingerprint density at radius 1 is 0.636 bits per heavy atom.